The number of hydrogen-bond acceptors (Lipinski definition) is 3. The fourth-order valence-corrected chi connectivity index (χ4v) is 1.97. The Kier molecular flexibility index (Phi) is 4.17. The van der Waals surface area contributed by atoms with E-state index in [-0.39, 0.29) is 24.5 Å². The molecule has 0 fully saturated rings. The molecule has 0 aromatic carbocycles. The molecular formula is C13H14F3N3O2. The third kappa shape index (κ3) is 3.15. The van der Waals surface area contributed by atoms with Crippen LogP contribution in [0.1, 0.15) is 28.2 Å². The summed E-state index contributed by atoms with van der Waals surface area (Å²) in [5.74, 6) is -0.521. The molecule has 2 aromatic heterocycles. The van der Waals surface area contributed by atoms with Gasteiger partial charge in [-0.3, -0.25) is 9.20 Å². The molecule has 0 saturated heterocycles. The lowest BCUT2D eigenvalue weighted by molar-refractivity contribution is -0.137. The summed E-state index contributed by atoms with van der Waals surface area (Å²) in [5, 5.41) is 11.2. The average molecular weight is 301 g/mol. The van der Waals surface area contributed by atoms with Gasteiger partial charge in [0, 0.05) is 19.3 Å². The summed E-state index contributed by atoms with van der Waals surface area (Å²) in [4.78, 5) is 16.1. The molecule has 0 bridgehead atoms. The van der Waals surface area contributed by atoms with E-state index in [2.05, 4.69) is 10.3 Å². The second kappa shape index (κ2) is 5.72. The first-order chi connectivity index (χ1) is 9.84. The predicted octanol–water partition coefficient (Wildman–Crippen LogP) is 1.77. The molecule has 0 radical (unpaired) electrons. The third-order valence-electron chi connectivity index (χ3n) is 2.96. The maximum atomic E-state index is 12.7. The van der Waals surface area contributed by atoms with Crippen molar-refractivity contribution in [3.63, 3.8) is 0 Å². The molecule has 8 heteroatoms. The highest BCUT2D eigenvalue weighted by Crippen LogP contribution is 2.29. The summed E-state index contributed by atoms with van der Waals surface area (Å²) in [5.41, 5.74) is -0.172. The van der Waals surface area contributed by atoms with Crippen molar-refractivity contribution in [3.05, 3.63) is 35.3 Å². The van der Waals surface area contributed by atoms with Crippen LogP contribution < -0.4 is 5.32 Å². The maximum absolute atomic E-state index is 12.7. The van der Waals surface area contributed by atoms with Gasteiger partial charge in [-0.1, -0.05) is 0 Å². The molecule has 2 heterocycles. The Labute approximate surface area is 118 Å². The Morgan fingerprint density at radius 2 is 2.14 bits per heavy atom. The Morgan fingerprint density at radius 3 is 2.76 bits per heavy atom. The van der Waals surface area contributed by atoms with E-state index in [1.165, 1.54) is 6.07 Å². The van der Waals surface area contributed by atoms with Gasteiger partial charge >= 0.3 is 6.18 Å². The van der Waals surface area contributed by atoms with Gasteiger partial charge in [-0.05, 0) is 25.5 Å². The average Bonchev–Trinajstić information content (AvgIpc) is 2.72. The normalized spacial score (nSPS) is 11.9. The molecule has 114 valence electrons. The number of fused-ring (bicyclic) bond motifs is 1. The van der Waals surface area contributed by atoms with Crippen LogP contribution in [0.25, 0.3) is 5.65 Å². The Morgan fingerprint density at radius 1 is 1.43 bits per heavy atom. The number of halogens is 3. The smallest absolute Gasteiger partial charge is 0.396 e. The molecule has 2 aromatic rings. The lowest BCUT2D eigenvalue weighted by Gasteiger charge is -2.09. The number of amides is 1. The number of rotatable bonds is 4. The highest BCUT2D eigenvalue weighted by atomic mass is 19.4. The molecule has 0 atom stereocenters. The van der Waals surface area contributed by atoms with Gasteiger partial charge in [0.2, 0.25) is 0 Å². The third-order valence-corrected chi connectivity index (χ3v) is 2.96. The number of imidazole rings is 1. The number of hydrogen-bond donors (Lipinski definition) is 2. The van der Waals surface area contributed by atoms with E-state index in [9.17, 15) is 18.0 Å². The minimum Gasteiger partial charge on any atom is -0.396 e. The van der Waals surface area contributed by atoms with Gasteiger partial charge in [-0.15, -0.1) is 0 Å². The van der Waals surface area contributed by atoms with Gasteiger partial charge < -0.3 is 10.4 Å². The van der Waals surface area contributed by atoms with Gasteiger partial charge in [-0.2, -0.15) is 13.2 Å². The van der Waals surface area contributed by atoms with Crippen LogP contribution in [0, 0.1) is 6.92 Å². The first kappa shape index (κ1) is 15.3. The fraction of sp³-hybridized carbons (Fsp3) is 0.385. The topological polar surface area (TPSA) is 66.6 Å². The number of carbonyl (C=O) groups excluding carboxylic acids is 1. The maximum Gasteiger partial charge on any atom is 0.417 e. The largest absolute Gasteiger partial charge is 0.417 e. The number of pyridine rings is 1. The zero-order chi connectivity index (χ0) is 15.6. The number of aliphatic hydroxyl groups excluding tert-OH is 1. The highest BCUT2D eigenvalue weighted by Gasteiger charge is 2.31. The van der Waals surface area contributed by atoms with Crippen molar-refractivity contribution >= 4 is 11.6 Å². The lowest BCUT2D eigenvalue weighted by atomic mass is 10.2. The molecule has 5 nitrogen and oxygen atoms in total. The number of alkyl halides is 3. The van der Waals surface area contributed by atoms with Crippen molar-refractivity contribution in [3.8, 4) is 0 Å². The summed E-state index contributed by atoms with van der Waals surface area (Å²) in [6.07, 6.45) is -3.26. The van der Waals surface area contributed by atoms with E-state index in [4.69, 9.17) is 5.11 Å². The van der Waals surface area contributed by atoms with Crippen molar-refractivity contribution in [2.75, 3.05) is 13.2 Å². The summed E-state index contributed by atoms with van der Waals surface area (Å²) >= 11 is 0. The summed E-state index contributed by atoms with van der Waals surface area (Å²) < 4.78 is 39.4. The van der Waals surface area contributed by atoms with Crippen LogP contribution in [0.2, 0.25) is 0 Å². The molecular weight excluding hydrogens is 287 g/mol. The second-order valence-corrected chi connectivity index (χ2v) is 4.52. The van der Waals surface area contributed by atoms with Gasteiger partial charge in [-0.25, -0.2) is 4.98 Å². The van der Waals surface area contributed by atoms with Gasteiger partial charge in [0.1, 0.15) is 11.3 Å². The Hall–Kier alpha value is -2.09. The standard InChI is InChI=1S/C13H14F3N3O2/c1-8-11(12(21)17-5-2-6-20)19-7-9(13(14,15)16)3-4-10(19)18-8/h3-4,7,20H,2,5-6H2,1H3,(H,17,21). The van der Waals surface area contributed by atoms with Crippen LogP contribution in [0.4, 0.5) is 13.2 Å². The predicted molar refractivity (Wildman–Crippen MR) is 69.0 cm³/mol. The molecule has 2 N–H and O–H groups in total. The highest BCUT2D eigenvalue weighted by molar-refractivity contribution is 5.94. The number of carbonyl (C=O) groups is 1. The number of nitrogens with zero attached hydrogens (tertiary/aromatic N) is 2. The minimum absolute atomic E-state index is 0.0639. The molecule has 0 saturated carbocycles. The minimum atomic E-state index is -4.49. The van der Waals surface area contributed by atoms with Crippen molar-refractivity contribution in [1.29, 1.82) is 0 Å². The van der Waals surface area contributed by atoms with Crippen LogP contribution in [0.3, 0.4) is 0 Å². The van der Waals surface area contributed by atoms with Crippen LogP contribution in [-0.2, 0) is 6.18 Å². The van der Waals surface area contributed by atoms with E-state index >= 15 is 0 Å². The second-order valence-electron chi connectivity index (χ2n) is 4.52. The zero-order valence-corrected chi connectivity index (χ0v) is 11.2. The number of nitrogens with one attached hydrogen (secondary N) is 1. The first-order valence-corrected chi connectivity index (χ1v) is 6.29. The fourth-order valence-electron chi connectivity index (χ4n) is 1.97. The van der Waals surface area contributed by atoms with Crippen LogP contribution >= 0.6 is 0 Å². The summed E-state index contributed by atoms with van der Waals surface area (Å²) in [6, 6.07) is 2.15. The quantitative estimate of drug-likeness (QED) is 0.846. The van der Waals surface area contributed by atoms with Crippen molar-refractivity contribution < 1.29 is 23.1 Å². The molecule has 1 amide bonds. The molecule has 0 spiro atoms. The summed E-state index contributed by atoms with van der Waals surface area (Å²) in [7, 11) is 0. The molecule has 0 unspecified atom stereocenters. The van der Waals surface area contributed by atoms with Gasteiger partial charge in [0.15, 0.2) is 0 Å². The van der Waals surface area contributed by atoms with E-state index in [1.807, 2.05) is 0 Å². The van der Waals surface area contributed by atoms with E-state index in [0.717, 1.165) is 16.7 Å². The lowest BCUT2D eigenvalue weighted by Crippen LogP contribution is -2.27. The van der Waals surface area contributed by atoms with Crippen LogP contribution in [0.15, 0.2) is 18.3 Å². The van der Waals surface area contributed by atoms with Gasteiger partial charge in [0.25, 0.3) is 5.91 Å². The van der Waals surface area contributed by atoms with Crippen molar-refractivity contribution in [1.82, 2.24) is 14.7 Å². The van der Waals surface area contributed by atoms with Crippen molar-refractivity contribution in [2.45, 2.75) is 19.5 Å². The van der Waals surface area contributed by atoms with Crippen LogP contribution in [-0.4, -0.2) is 33.6 Å². The Balaban J connectivity index is 2.42. The molecule has 0 aliphatic heterocycles. The number of aryl methyl sites for hydroxylation is 1. The number of aliphatic hydroxyl groups is 1. The van der Waals surface area contributed by atoms with E-state index < -0.39 is 17.6 Å². The molecule has 0 aliphatic carbocycles. The van der Waals surface area contributed by atoms with E-state index in [1.54, 1.807) is 6.92 Å². The monoisotopic (exact) mass is 301 g/mol. The first-order valence-electron chi connectivity index (χ1n) is 6.29. The van der Waals surface area contributed by atoms with Crippen LogP contribution in [0.5, 0.6) is 0 Å². The van der Waals surface area contributed by atoms with Gasteiger partial charge in [0.05, 0.1) is 11.3 Å². The molecule has 0 aliphatic rings. The SMILES string of the molecule is Cc1nc2ccc(C(F)(F)F)cn2c1C(=O)NCCCO. The number of aromatic nitrogens is 2. The van der Waals surface area contributed by atoms with E-state index in [0.29, 0.717) is 12.1 Å². The Bertz CT molecular complexity index is 664. The summed E-state index contributed by atoms with van der Waals surface area (Å²) in [6.45, 7) is 1.72. The zero-order valence-electron chi connectivity index (χ0n) is 11.2. The molecule has 2 rings (SSSR count). The van der Waals surface area contributed by atoms with Crippen molar-refractivity contribution in [2.24, 2.45) is 0 Å². The molecule has 21 heavy (non-hydrogen) atoms.